The second kappa shape index (κ2) is 6.81. The summed E-state index contributed by atoms with van der Waals surface area (Å²) in [5, 5.41) is 6.37. The number of benzene rings is 1. The maximum Gasteiger partial charge on any atom is 0.190 e. The van der Waals surface area contributed by atoms with Crippen molar-refractivity contribution in [1.29, 1.82) is 0 Å². The predicted octanol–water partition coefficient (Wildman–Crippen LogP) is 3.94. The molecule has 3 nitrogen and oxygen atoms in total. The Balaban J connectivity index is 2.13. The van der Waals surface area contributed by atoms with Crippen LogP contribution in [0, 0.1) is 5.82 Å². The summed E-state index contributed by atoms with van der Waals surface area (Å²) in [5.74, 6) is -0.217. The lowest BCUT2D eigenvalue weighted by Crippen LogP contribution is -2.22. The Morgan fingerprint density at radius 3 is 2.60 bits per heavy atom. The van der Waals surface area contributed by atoms with Gasteiger partial charge in [0.1, 0.15) is 5.82 Å². The fourth-order valence-corrected chi connectivity index (χ4v) is 2.77. The molecule has 0 aliphatic rings. The molecule has 108 valence electrons. The summed E-state index contributed by atoms with van der Waals surface area (Å²) >= 11 is 1.61. The number of hydrogen-bond acceptors (Lipinski definition) is 4. The van der Waals surface area contributed by atoms with E-state index >= 15 is 0 Å². The molecule has 5 heteroatoms. The topological polar surface area (TPSA) is 28.2 Å². The first kappa shape index (κ1) is 14.9. The Labute approximate surface area is 123 Å². The third kappa shape index (κ3) is 3.77. The molecule has 0 fully saturated rings. The van der Waals surface area contributed by atoms with Gasteiger partial charge in [-0.05, 0) is 31.2 Å². The molecule has 1 aromatic carbocycles. The summed E-state index contributed by atoms with van der Waals surface area (Å²) in [6, 6.07) is 6.97. The van der Waals surface area contributed by atoms with Crippen molar-refractivity contribution in [3.05, 3.63) is 41.2 Å². The maximum absolute atomic E-state index is 13.0. The molecule has 0 saturated heterocycles. The molecule has 0 radical (unpaired) electrons. The Bertz CT molecular complexity index is 536. The van der Waals surface area contributed by atoms with Gasteiger partial charge in [0.15, 0.2) is 5.13 Å². The molecule has 1 N–H and O–H groups in total. The zero-order chi connectivity index (χ0) is 14.5. The second-order valence-electron chi connectivity index (χ2n) is 4.88. The van der Waals surface area contributed by atoms with Crippen LogP contribution in [0.2, 0.25) is 0 Å². The molecule has 20 heavy (non-hydrogen) atoms. The highest BCUT2D eigenvalue weighted by atomic mass is 32.1. The molecule has 2 rings (SSSR count). The molecule has 0 aliphatic heterocycles. The van der Waals surface area contributed by atoms with Gasteiger partial charge < -0.3 is 10.2 Å². The zero-order valence-corrected chi connectivity index (χ0v) is 12.9. The van der Waals surface area contributed by atoms with Gasteiger partial charge in [-0.25, -0.2) is 9.37 Å². The van der Waals surface area contributed by atoms with Gasteiger partial charge in [0.05, 0.1) is 5.69 Å². The lowest BCUT2D eigenvalue weighted by Gasteiger charge is -2.19. The molecule has 0 spiro atoms. The number of aromatic nitrogens is 1. The number of nitrogens with one attached hydrogen (secondary N) is 1. The Hall–Kier alpha value is -1.46. The number of thiazole rings is 1. The lowest BCUT2D eigenvalue weighted by atomic mass is 10.3. The van der Waals surface area contributed by atoms with Crippen LogP contribution in [0.25, 0.3) is 0 Å². The molecule has 0 saturated carbocycles. The third-order valence-corrected chi connectivity index (χ3v) is 3.83. The quantitative estimate of drug-likeness (QED) is 0.874. The summed E-state index contributed by atoms with van der Waals surface area (Å²) in [6.45, 7) is 7.87. The van der Waals surface area contributed by atoms with Gasteiger partial charge in [0.2, 0.25) is 0 Å². The Morgan fingerprint density at radius 2 is 2.00 bits per heavy atom. The zero-order valence-electron chi connectivity index (χ0n) is 12.1. The number of hydrogen-bond donors (Lipinski definition) is 1. The van der Waals surface area contributed by atoms with E-state index in [0.717, 1.165) is 29.6 Å². The highest BCUT2D eigenvalue weighted by molar-refractivity contribution is 7.13. The molecule has 1 aromatic heterocycles. The fraction of sp³-hybridized carbons (Fsp3) is 0.400. The average molecular weight is 293 g/mol. The minimum absolute atomic E-state index is 0.217. The van der Waals surface area contributed by atoms with Gasteiger partial charge in [-0.1, -0.05) is 13.8 Å². The van der Waals surface area contributed by atoms with Crippen molar-refractivity contribution in [3.8, 4) is 0 Å². The minimum atomic E-state index is -0.217. The van der Waals surface area contributed by atoms with E-state index in [-0.39, 0.29) is 5.82 Å². The first-order chi connectivity index (χ1) is 9.60. The van der Waals surface area contributed by atoms with Crippen LogP contribution in [0.4, 0.5) is 15.2 Å². The molecule has 0 unspecified atom stereocenters. The molecule has 0 aliphatic carbocycles. The van der Waals surface area contributed by atoms with E-state index in [1.807, 2.05) is 0 Å². The van der Waals surface area contributed by atoms with Crippen LogP contribution in [-0.2, 0) is 6.54 Å². The van der Waals surface area contributed by atoms with Crippen molar-refractivity contribution >= 4 is 22.2 Å². The molecular weight excluding hydrogens is 273 g/mol. The smallest absolute Gasteiger partial charge is 0.190 e. The van der Waals surface area contributed by atoms with Crippen molar-refractivity contribution in [1.82, 2.24) is 10.3 Å². The van der Waals surface area contributed by atoms with E-state index in [1.54, 1.807) is 23.5 Å². The third-order valence-electron chi connectivity index (χ3n) is 2.92. The second-order valence-corrected chi connectivity index (χ2v) is 5.71. The van der Waals surface area contributed by atoms with Crippen LogP contribution >= 0.6 is 11.3 Å². The molecule has 1 heterocycles. The van der Waals surface area contributed by atoms with Crippen LogP contribution in [0.5, 0.6) is 0 Å². The highest BCUT2D eigenvalue weighted by Crippen LogP contribution is 2.28. The number of nitrogens with zero attached hydrogens (tertiary/aromatic N) is 2. The Morgan fingerprint density at radius 1 is 1.30 bits per heavy atom. The lowest BCUT2D eigenvalue weighted by molar-refractivity contribution is 0.583. The van der Waals surface area contributed by atoms with Gasteiger partial charge in [-0.3, -0.25) is 0 Å². The van der Waals surface area contributed by atoms with E-state index in [9.17, 15) is 4.39 Å². The van der Waals surface area contributed by atoms with E-state index in [0.29, 0.717) is 6.04 Å². The van der Waals surface area contributed by atoms with Gasteiger partial charge in [-0.15, -0.1) is 11.3 Å². The molecular formula is C15H20FN3S. The van der Waals surface area contributed by atoms with Crippen molar-refractivity contribution in [2.45, 2.75) is 33.4 Å². The fourth-order valence-electron chi connectivity index (χ4n) is 1.86. The van der Waals surface area contributed by atoms with Crippen molar-refractivity contribution in [3.63, 3.8) is 0 Å². The maximum atomic E-state index is 13.0. The van der Waals surface area contributed by atoms with Crippen LogP contribution in [-0.4, -0.2) is 17.6 Å². The number of halogens is 1. The van der Waals surface area contributed by atoms with Crippen LogP contribution < -0.4 is 10.2 Å². The van der Waals surface area contributed by atoms with E-state index in [4.69, 9.17) is 0 Å². The first-order valence-electron chi connectivity index (χ1n) is 6.81. The molecule has 0 amide bonds. The summed E-state index contributed by atoms with van der Waals surface area (Å²) in [5.41, 5.74) is 2.01. The normalized spacial score (nSPS) is 11.1. The predicted molar refractivity (Wildman–Crippen MR) is 83.2 cm³/mol. The molecule has 0 atom stereocenters. The number of anilines is 2. The van der Waals surface area contributed by atoms with E-state index in [2.05, 4.69) is 41.4 Å². The summed E-state index contributed by atoms with van der Waals surface area (Å²) in [6.07, 6.45) is 0. The highest BCUT2D eigenvalue weighted by Gasteiger charge is 2.12. The van der Waals surface area contributed by atoms with Gasteiger partial charge >= 0.3 is 0 Å². The van der Waals surface area contributed by atoms with Gasteiger partial charge in [0.25, 0.3) is 0 Å². The summed E-state index contributed by atoms with van der Waals surface area (Å²) in [4.78, 5) is 6.73. The van der Waals surface area contributed by atoms with E-state index < -0.39 is 0 Å². The monoisotopic (exact) mass is 293 g/mol. The standard InChI is InChI=1S/C15H20FN3S/c1-4-19(14-7-5-12(16)6-8-14)15-18-13(10-20-15)9-17-11(2)3/h5-8,10-11,17H,4,9H2,1-3H3. The Kier molecular flexibility index (Phi) is 5.09. The van der Waals surface area contributed by atoms with E-state index in [1.165, 1.54) is 12.1 Å². The number of rotatable bonds is 6. The summed E-state index contributed by atoms with van der Waals surface area (Å²) in [7, 11) is 0. The van der Waals surface area contributed by atoms with Crippen molar-refractivity contribution in [2.24, 2.45) is 0 Å². The van der Waals surface area contributed by atoms with Crippen molar-refractivity contribution < 1.29 is 4.39 Å². The van der Waals surface area contributed by atoms with Gasteiger partial charge in [0, 0.05) is 30.2 Å². The SMILES string of the molecule is CCN(c1ccc(F)cc1)c1nc(CNC(C)C)cs1. The minimum Gasteiger partial charge on any atom is -0.318 e. The van der Waals surface area contributed by atoms with Crippen LogP contribution in [0.1, 0.15) is 26.5 Å². The van der Waals surface area contributed by atoms with Crippen LogP contribution in [0.3, 0.4) is 0 Å². The average Bonchev–Trinajstić information content (AvgIpc) is 2.88. The van der Waals surface area contributed by atoms with Gasteiger partial charge in [-0.2, -0.15) is 0 Å². The largest absolute Gasteiger partial charge is 0.318 e. The summed E-state index contributed by atoms with van der Waals surface area (Å²) < 4.78 is 13.0. The molecule has 2 aromatic rings. The first-order valence-corrected chi connectivity index (χ1v) is 7.69. The van der Waals surface area contributed by atoms with Crippen molar-refractivity contribution in [2.75, 3.05) is 11.4 Å². The van der Waals surface area contributed by atoms with Crippen LogP contribution in [0.15, 0.2) is 29.6 Å². The molecule has 0 bridgehead atoms.